The van der Waals surface area contributed by atoms with E-state index >= 15 is 0 Å². The minimum absolute atomic E-state index is 0.489. The van der Waals surface area contributed by atoms with Crippen LogP contribution in [-0.4, -0.2) is 36.7 Å². The zero-order chi connectivity index (χ0) is 12.2. The van der Waals surface area contributed by atoms with E-state index in [-0.39, 0.29) is 0 Å². The number of ether oxygens (including phenoxy) is 1. The van der Waals surface area contributed by atoms with Gasteiger partial charge in [-0.15, -0.1) is 0 Å². The van der Waals surface area contributed by atoms with E-state index in [1.165, 1.54) is 19.3 Å². The van der Waals surface area contributed by atoms with Gasteiger partial charge in [-0.2, -0.15) is 0 Å². The topological polar surface area (TPSA) is 12.5 Å². The molecule has 2 nitrogen and oxygen atoms in total. The van der Waals surface area contributed by atoms with Gasteiger partial charge in [-0.1, -0.05) is 11.1 Å². The summed E-state index contributed by atoms with van der Waals surface area (Å²) >= 11 is 0. The molecule has 0 radical (unpaired) electrons. The quantitative estimate of drug-likeness (QED) is 0.599. The van der Waals surface area contributed by atoms with Crippen LogP contribution in [-0.2, 0) is 4.74 Å². The highest BCUT2D eigenvalue weighted by atomic mass is 16.5. The number of nitrogens with zero attached hydrogens (tertiary/aromatic N) is 1. The van der Waals surface area contributed by atoms with Gasteiger partial charge in [-0.25, -0.2) is 0 Å². The Kier molecular flexibility index (Phi) is 2.83. The predicted molar refractivity (Wildman–Crippen MR) is 70.0 cm³/mol. The van der Waals surface area contributed by atoms with Crippen molar-refractivity contribution in [1.82, 2.24) is 4.90 Å². The fourth-order valence-electron chi connectivity index (χ4n) is 3.99. The smallest absolute Gasteiger partial charge is 0.0740 e. The summed E-state index contributed by atoms with van der Waals surface area (Å²) in [6.07, 6.45) is 4.80. The summed E-state index contributed by atoms with van der Waals surface area (Å²) in [5, 5.41) is 0. The maximum absolute atomic E-state index is 6.34. The fraction of sp³-hybridized carbons (Fsp3) is 0.867. The SMILES string of the molecule is CC1=C(C)C[C@H]2[C@@H](C1)[C@@H]1CN(C)C(C)C[C@H]2O1. The van der Waals surface area contributed by atoms with E-state index in [4.69, 9.17) is 4.74 Å². The summed E-state index contributed by atoms with van der Waals surface area (Å²) in [5.74, 6) is 1.60. The Bertz CT molecular complexity index is 317. The maximum atomic E-state index is 6.34. The monoisotopic (exact) mass is 235 g/mol. The third-order valence-electron chi connectivity index (χ3n) is 5.46. The second-order valence-corrected chi connectivity index (χ2v) is 6.53. The van der Waals surface area contributed by atoms with E-state index in [9.17, 15) is 0 Å². The Balaban J connectivity index is 1.86. The molecule has 0 spiro atoms. The molecule has 0 aromatic carbocycles. The van der Waals surface area contributed by atoms with Gasteiger partial charge in [0.05, 0.1) is 12.2 Å². The van der Waals surface area contributed by atoms with Crippen molar-refractivity contribution in [2.24, 2.45) is 11.8 Å². The zero-order valence-corrected chi connectivity index (χ0v) is 11.6. The minimum Gasteiger partial charge on any atom is -0.373 e. The van der Waals surface area contributed by atoms with Crippen molar-refractivity contribution < 1.29 is 4.74 Å². The molecule has 2 bridgehead atoms. The lowest BCUT2D eigenvalue weighted by Crippen LogP contribution is -2.41. The molecule has 0 saturated carbocycles. The first-order chi connectivity index (χ1) is 8.06. The van der Waals surface area contributed by atoms with Gasteiger partial charge in [0.1, 0.15) is 0 Å². The molecule has 0 aromatic heterocycles. The van der Waals surface area contributed by atoms with Crippen LogP contribution < -0.4 is 0 Å². The average Bonchev–Trinajstić information content (AvgIpc) is 2.50. The van der Waals surface area contributed by atoms with Gasteiger partial charge in [0.15, 0.2) is 0 Å². The molecule has 3 aliphatic rings. The molecular formula is C15H25NO. The molecule has 2 fully saturated rings. The van der Waals surface area contributed by atoms with Crippen molar-refractivity contribution in [2.45, 2.75) is 58.3 Å². The number of hydrogen-bond acceptors (Lipinski definition) is 2. The molecule has 5 atom stereocenters. The summed E-state index contributed by atoms with van der Waals surface area (Å²) in [6, 6.07) is 0.679. The van der Waals surface area contributed by atoms with Gasteiger partial charge in [0, 0.05) is 12.6 Å². The lowest BCUT2D eigenvalue weighted by atomic mass is 9.72. The van der Waals surface area contributed by atoms with Crippen LogP contribution in [0.5, 0.6) is 0 Å². The molecule has 3 rings (SSSR count). The fourth-order valence-corrected chi connectivity index (χ4v) is 3.99. The molecule has 2 heteroatoms. The van der Waals surface area contributed by atoms with Gasteiger partial charge < -0.3 is 9.64 Å². The molecule has 17 heavy (non-hydrogen) atoms. The second-order valence-electron chi connectivity index (χ2n) is 6.53. The van der Waals surface area contributed by atoms with Gasteiger partial charge in [0.25, 0.3) is 0 Å². The van der Waals surface area contributed by atoms with Gasteiger partial charge in [-0.3, -0.25) is 0 Å². The van der Waals surface area contributed by atoms with Crippen LogP contribution in [0.25, 0.3) is 0 Å². The lowest BCUT2D eigenvalue weighted by Gasteiger charge is -2.36. The lowest BCUT2D eigenvalue weighted by molar-refractivity contribution is 0.0357. The van der Waals surface area contributed by atoms with E-state index in [2.05, 4.69) is 32.7 Å². The highest BCUT2D eigenvalue weighted by Crippen LogP contribution is 2.47. The van der Waals surface area contributed by atoms with Gasteiger partial charge in [-0.05, 0) is 58.9 Å². The summed E-state index contributed by atoms with van der Waals surface area (Å²) in [6.45, 7) is 8.10. The molecule has 0 amide bonds. The largest absolute Gasteiger partial charge is 0.373 e. The zero-order valence-electron chi connectivity index (χ0n) is 11.6. The standard InChI is InChI=1S/C15H25NO/c1-9-5-12-13(6-10(9)2)15-8-16(4)11(3)7-14(12)17-15/h11-15H,5-8H2,1-4H3/t11?,12-,13+,14+,15-/m0/s1. The van der Waals surface area contributed by atoms with E-state index in [1.807, 2.05) is 0 Å². The Morgan fingerprint density at radius 3 is 2.29 bits per heavy atom. The number of fused-ring (bicyclic) bond motifs is 5. The predicted octanol–water partition coefficient (Wildman–Crippen LogP) is 2.84. The van der Waals surface area contributed by atoms with E-state index in [0.717, 1.165) is 18.4 Å². The van der Waals surface area contributed by atoms with Crippen LogP contribution in [0.1, 0.15) is 40.0 Å². The van der Waals surface area contributed by atoms with Crippen molar-refractivity contribution >= 4 is 0 Å². The number of rotatable bonds is 0. The van der Waals surface area contributed by atoms with Crippen molar-refractivity contribution in [3.8, 4) is 0 Å². The number of allylic oxidation sites excluding steroid dienone is 2. The van der Waals surface area contributed by atoms with Crippen LogP contribution in [0.15, 0.2) is 11.1 Å². The molecule has 1 unspecified atom stereocenters. The third kappa shape index (κ3) is 1.86. The second kappa shape index (κ2) is 4.10. The molecule has 96 valence electrons. The van der Waals surface area contributed by atoms with Crippen LogP contribution in [0.3, 0.4) is 0 Å². The van der Waals surface area contributed by atoms with Crippen molar-refractivity contribution in [1.29, 1.82) is 0 Å². The Hall–Kier alpha value is -0.340. The summed E-state index contributed by atoms with van der Waals surface area (Å²) in [7, 11) is 2.25. The average molecular weight is 235 g/mol. The van der Waals surface area contributed by atoms with Crippen molar-refractivity contribution in [3.63, 3.8) is 0 Å². The Labute approximate surface area is 105 Å². The molecule has 2 aliphatic heterocycles. The number of hydrogen-bond donors (Lipinski definition) is 0. The minimum atomic E-state index is 0.489. The van der Waals surface area contributed by atoms with Crippen LogP contribution in [0.2, 0.25) is 0 Å². The molecule has 0 aromatic rings. The molecule has 0 N–H and O–H groups in total. The van der Waals surface area contributed by atoms with Crippen LogP contribution in [0.4, 0.5) is 0 Å². The molecule has 1 aliphatic carbocycles. The van der Waals surface area contributed by atoms with E-state index < -0.39 is 0 Å². The molecular weight excluding hydrogens is 210 g/mol. The van der Waals surface area contributed by atoms with Crippen LogP contribution >= 0.6 is 0 Å². The van der Waals surface area contributed by atoms with Gasteiger partial charge in [0.2, 0.25) is 0 Å². The Morgan fingerprint density at radius 1 is 1.06 bits per heavy atom. The Morgan fingerprint density at radius 2 is 1.65 bits per heavy atom. The van der Waals surface area contributed by atoms with Crippen LogP contribution in [0, 0.1) is 11.8 Å². The van der Waals surface area contributed by atoms with Gasteiger partial charge >= 0.3 is 0 Å². The number of likely N-dealkylation sites (tertiary alicyclic amines) is 1. The van der Waals surface area contributed by atoms with E-state index in [0.29, 0.717) is 18.2 Å². The normalized spacial score (nSPS) is 46.9. The van der Waals surface area contributed by atoms with Crippen molar-refractivity contribution in [3.05, 3.63) is 11.1 Å². The first-order valence-electron chi connectivity index (χ1n) is 7.07. The molecule has 2 saturated heterocycles. The summed E-state index contributed by atoms with van der Waals surface area (Å²) in [4.78, 5) is 2.49. The highest BCUT2D eigenvalue weighted by Gasteiger charge is 2.48. The van der Waals surface area contributed by atoms with E-state index in [1.54, 1.807) is 11.1 Å². The summed E-state index contributed by atoms with van der Waals surface area (Å²) < 4.78 is 6.34. The summed E-state index contributed by atoms with van der Waals surface area (Å²) in [5.41, 5.74) is 3.25. The van der Waals surface area contributed by atoms with Crippen molar-refractivity contribution in [2.75, 3.05) is 13.6 Å². The first-order valence-corrected chi connectivity index (χ1v) is 7.07. The maximum Gasteiger partial charge on any atom is 0.0740 e. The first kappa shape index (κ1) is 11.7. The number of likely N-dealkylation sites (N-methyl/N-ethyl adjacent to an activating group) is 1. The highest BCUT2D eigenvalue weighted by molar-refractivity contribution is 5.19. The third-order valence-corrected chi connectivity index (χ3v) is 5.46. The molecule has 2 heterocycles.